The fraction of sp³-hybridized carbons (Fsp3) is 0.267. The molecule has 0 fully saturated rings. The van der Waals surface area contributed by atoms with Crippen LogP contribution in [0.4, 0.5) is 0 Å². The average molecular weight is 563 g/mol. The molecule has 0 aliphatic rings. The summed E-state index contributed by atoms with van der Waals surface area (Å²) >= 11 is 3.41. The van der Waals surface area contributed by atoms with Crippen LogP contribution in [-0.4, -0.2) is 35.7 Å². The summed E-state index contributed by atoms with van der Waals surface area (Å²) in [6.45, 7) is 3.93. The molecule has 1 heterocycles. The summed E-state index contributed by atoms with van der Waals surface area (Å²) in [5.41, 5.74) is 3.82. The molecule has 0 saturated carbocycles. The third kappa shape index (κ3) is 7.01. The largest absolute Gasteiger partial charge is 0.493 e. The van der Waals surface area contributed by atoms with Crippen LogP contribution < -0.4 is 14.8 Å². The first-order valence-electron chi connectivity index (χ1n) is 12.5. The van der Waals surface area contributed by atoms with E-state index in [-0.39, 0.29) is 5.91 Å². The number of hydrogen-bond acceptors (Lipinski definition) is 4. The molecule has 0 radical (unpaired) electrons. The van der Waals surface area contributed by atoms with Gasteiger partial charge in [-0.3, -0.25) is 4.79 Å². The lowest BCUT2D eigenvalue weighted by molar-refractivity contribution is 0.0953. The average Bonchev–Trinajstić information content (AvgIpc) is 3.27. The number of rotatable bonds is 12. The van der Waals surface area contributed by atoms with Crippen LogP contribution in [-0.2, 0) is 13.0 Å². The van der Waals surface area contributed by atoms with E-state index in [1.165, 1.54) is 0 Å². The zero-order valence-electron chi connectivity index (χ0n) is 21.2. The molecule has 0 spiro atoms. The second kappa shape index (κ2) is 13.1. The number of aromatic nitrogens is 2. The van der Waals surface area contributed by atoms with E-state index in [2.05, 4.69) is 31.9 Å². The van der Waals surface area contributed by atoms with Crippen molar-refractivity contribution in [2.45, 2.75) is 32.7 Å². The van der Waals surface area contributed by atoms with Crippen LogP contribution >= 0.6 is 15.9 Å². The van der Waals surface area contributed by atoms with Crippen molar-refractivity contribution in [1.29, 1.82) is 0 Å². The number of benzene rings is 3. The number of ether oxygens (including phenoxy) is 2. The number of imidazole rings is 1. The molecule has 1 amide bonds. The molecule has 6 nitrogen and oxygen atoms in total. The fourth-order valence-corrected chi connectivity index (χ4v) is 4.65. The van der Waals surface area contributed by atoms with Crippen LogP contribution in [0.1, 0.15) is 41.5 Å². The number of methoxy groups -OCH3 is 1. The van der Waals surface area contributed by atoms with E-state index in [0.717, 1.165) is 64.2 Å². The maximum absolute atomic E-state index is 12.4. The van der Waals surface area contributed by atoms with Crippen molar-refractivity contribution >= 4 is 38.9 Å². The summed E-state index contributed by atoms with van der Waals surface area (Å²) in [4.78, 5) is 17.3. The summed E-state index contributed by atoms with van der Waals surface area (Å²) < 4.78 is 14.7. The minimum atomic E-state index is -0.0684. The van der Waals surface area contributed by atoms with E-state index < -0.39 is 0 Å². The highest BCUT2D eigenvalue weighted by Crippen LogP contribution is 2.29. The molecule has 3 aromatic carbocycles. The van der Waals surface area contributed by atoms with E-state index in [1.807, 2.05) is 79.7 Å². The molecule has 0 aliphatic heterocycles. The normalized spacial score (nSPS) is 11.2. The molecular formula is C30H32BrN3O3. The van der Waals surface area contributed by atoms with Crippen LogP contribution in [0.15, 0.2) is 77.3 Å². The molecule has 0 unspecified atom stereocenters. The van der Waals surface area contributed by atoms with Gasteiger partial charge in [0.25, 0.3) is 5.91 Å². The van der Waals surface area contributed by atoms with Crippen LogP contribution in [0.25, 0.3) is 17.1 Å². The zero-order valence-corrected chi connectivity index (χ0v) is 22.8. The van der Waals surface area contributed by atoms with Crippen molar-refractivity contribution in [2.24, 2.45) is 0 Å². The van der Waals surface area contributed by atoms with Crippen LogP contribution in [0.2, 0.25) is 0 Å². The highest BCUT2D eigenvalue weighted by atomic mass is 79.9. The number of fused-ring (bicyclic) bond motifs is 1. The van der Waals surface area contributed by atoms with E-state index in [9.17, 15) is 4.79 Å². The van der Waals surface area contributed by atoms with Crippen molar-refractivity contribution in [1.82, 2.24) is 14.9 Å². The van der Waals surface area contributed by atoms with Gasteiger partial charge < -0.3 is 19.4 Å². The number of carbonyl (C=O) groups excluding carboxylic acids is 1. The zero-order chi connectivity index (χ0) is 26.0. The molecule has 1 aromatic heterocycles. The highest BCUT2D eigenvalue weighted by Gasteiger charge is 2.12. The lowest BCUT2D eigenvalue weighted by Crippen LogP contribution is -2.25. The SMILES string of the molecule is C/C=C/c1ccc(OCCCn2c(CCCNC(=O)c3cccc(Br)c3)nc3ccccc32)c(OC)c1. The van der Waals surface area contributed by atoms with Crippen molar-refractivity contribution in [2.75, 3.05) is 20.3 Å². The minimum Gasteiger partial charge on any atom is -0.493 e. The monoisotopic (exact) mass is 561 g/mol. The summed E-state index contributed by atoms with van der Waals surface area (Å²) in [7, 11) is 1.66. The Kier molecular flexibility index (Phi) is 9.38. The molecule has 4 rings (SSSR count). The predicted molar refractivity (Wildman–Crippen MR) is 152 cm³/mol. The van der Waals surface area contributed by atoms with Crippen LogP contribution in [0.3, 0.4) is 0 Å². The Balaban J connectivity index is 1.34. The van der Waals surface area contributed by atoms with Crippen molar-refractivity contribution < 1.29 is 14.3 Å². The Morgan fingerprint density at radius 2 is 1.92 bits per heavy atom. The Labute approximate surface area is 226 Å². The third-order valence-electron chi connectivity index (χ3n) is 6.01. The Bertz CT molecular complexity index is 1380. The van der Waals surface area contributed by atoms with Crippen molar-refractivity contribution in [3.63, 3.8) is 0 Å². The summed E-state index contributed by atoms with van der Waals surface area (Å²) in [6, 6.07) is 21.5. The van der Waals surface area contributed by atoms with E-state index >= 15 is 0 Å². The number of amides is 1. The van der Waals surface area contributed by atoms with E-state index in [0.29, 0.717) is 18.7 Å². The standard InChI is InChI=1S/C30H32BrN3O3/c1-3-9-22-15-16-27(28(20-22)36-2)37-19-8-18-34-26-13-5-4-12-25(26)33-29(34)14-7-17-32-30(35)23-10-6-11-24(31)21-23/h3-6,9-13,15-16,20-21H,7-8,14,17-19H2,1-2H3,(H,32,35)/b9-3+. The molecule has 0 atom stereocenters. The van der Waals surface area contributed by atoms with Gasteiger partial charge in [-0.05, 0) is 67.8 Å². The van der Waals surface area contributed by atoms with Gasteiger partial charge in [-0.1, -0.05) is 52.3 Å². The second-order valence-corrected chi connectivity index (χ2v) is 9.57. The second-order valence-electron chi connectivity index (χ2n) is 8.65. The number of allylic oxidation sites excluding steroid dienone is 1. The first-order chi connectivity index (χ1) is 18.1. The topological polar surface area (TPSA) is 65.4 Å². The maximum Gasteiger partial charge on any atom is 0.251 e. The van der Waals surface area contributed by atoms with Crippen LogP contribution in [0.5, 0.6) is 11.5 Å². The quantitative estimate of drug-likeness (QED) is 0.196. The van der Waals surface area contributed by atoms with Gasteiger partial charge in [0.2, 0.25) is 0 Å². The molecule has 1 N–H and O–H groups in total. The molecular weight excluding hydrogens is 530 g/mol. The predicted octanol–water partition coefficient (Wildman–Crippen LogP) is 6.67. The molecule has 0 aliphatic carbocycles. The smallest absolute Gasteiger partial charge is 0.251 e. The number of carbonyl (C=O) groups is 1. The first-order valence-corrected chi connectivity index (χ1v) is 13.3. The van der Waals surface area contributed by atoms with Gasteiger partial charge in [0, 0.05) is 29.5 Å². The minimum absolute atomic E-state index is 0.0684. The number of para-hydroxylation sites is 2. The molecule has 37 heavy (non-hydrogen) atoms. The lowest BCUT2D eigenvalue weighted by atomic mass is 10.2. The Morgan fingerprint density at radius 1 is 1.05 bits per heavy atom. The van der Waals surface area contributed by atoms with Gasteiger partial charge in [-0.25, -0.2) is 4.98 Å². The molecule has 192 valence electrons. The Morgan fingerprint density at radius 3 is 2.73 bits per heavy atom. The van der Waals surface area contributed by atoms with Gasteiger partial charge in [-0.15, -0.1) is 0 Å². The summed E-state index contributed by atoms with van der Waals surface area (Å²) in [5, 5.41) is 3.01. The number of aryl methyl sites for hydroxylation is 2. The fourth-order valence-electron chi connectivity index (χ4n) is 4.25. The Hall–Kier alpha value is -3.58. The maximum atomic E-state index is 12.4. The van der Waals surface area contributed by atoms with Crippen molar-refractivity contribution in [3.05, 3.63) is 94.2 Å². The molecule has 0 saturated heterocycles. The molecule has 0 bridgehead atoms. The number of nitrogens with one attached hydrogen (secondary N) is 1. The van der Waals surface area contributed by atoms with Gasteiger partial charge in [0.1, 0.15) is 5.82 Å². The first kappa shape index (κ1) is 26.5. The van der Waals surface area contributed by atoms with Gasteiger partial charge in [0.05, 0.1) is 24.8 Å². The number of nitrogens with zero attached hydrogens (tertiary/aromatic N) is 2. The summed E-state index contributed by atoms with van der Waals surface area (Å²) in [6.07, 6.45) is 6.43. The van der Waals surface area contributed by atoms with Crippen molar-refractivity contribution in [3.8, 4) is 11.5 Å². The van der Waals surface area contributed by atoms with Gasteiger partial charge in [0.15, 0.2) is 11.5 Å². The molecule has 4 aromatic rings. The van der Waals surface area contributed by atoms with E-state index in [1.54, 1.807) is 7.11 Å². The van der Waals surface area contributed by atoms with Gasteiger partial charge >= 0.3 is 0 Å². The highest BCUT2D eigenvalue weighted by molar-refractivity contribution is 9.10. The third-order valence-corrected chi connectivity index (χ3v) is 6.51. The number of hydrogen-bond donors (Lipinski definition) is 1. The summed E-state index contributed by atoms with van der Waals surface area (Å²) in [5.74, 6) is 2.43. The molecule has 7 heteroatoms. The van der Waals surface area contributed by atoms with Crippen LogP contribution in [0, 0.1) is 0 Å². The number of halogens is 1. The van der Waals surface area contributed by atoms with E-state index in [4.69, 9.17) is 14.5 Å². The lowest BCUT2D eigenvalue weighted by Gasteiger charge is -2.13. The van der Waals surface area contributed by atoms with Gasteiger partial charge in [-0.2, -0.15) is 0 Å².